The van der Waals surface area contributed by atoms with Gasteiger partial charge < -0.3 is 9.15 Å². The van der Waals surface area contributed by atoms with Gasteiger partial charge in [0.1, 0.15) is 12.3 Å². The quantitative estimate of drug-likeness (QED) is 0.669. The Morgan fingerprint density at radius 2 is 2.18 bits per heavy atom. The third-order valence-electron chi connectivity index (χ3n) is 3.06. The lowest BCUT2D eigenvalue weighted by molar-refractivity contribution is 0.0429. The highest BCUT2D eigenvalue weighted by Crippen LogP contribution is 2.15. The molecule has 0 saturated heterocycles. The number of hydrogen-bond donors (Lipinski definition) is 0. The van der Waals surface area contributed by atoms with E-state index in [2.05, 4.69) is 20.9 Å². The molecule has 3 heterocycles. The fourth-order valence-electron chi connectivity index (χ4n) is 2.07. The summed E-state index contributed by atoms with van der Waals surface area (Å²) in [6.07, 6.45) is 0. The van der Waals surface area contributed by atoms with E-state index in [1.54, 1.807) is 12.1 Å². The van der Waals surface area contributed by atoms with Gasteiger partial charge in [0.15, 0.2) is 4.67 Å². The first-order valence-electron chi connectivity index (χ1n) is 6.45. The smallest absolute Gasteiger partial charge is 0.374 e. The number of aromatic nitrogens is 2. The van der Waals surface area contributed by atoms with Crippen LogP contribution in [-0.2, 0) is 11.3 Å². The molecule has 0 saturated carbocycles. The number of halogens is 1. The zero-order valence-corrected chi connectivity index (χ0v) is 13.2. The molecule has 3 aromatic heterocycles. The van der Waals surface area contributed by atoms with E-state index in [0.717, 1.165) is 5.69 Å². The number of aryl methyl sites for hydroxylation is 1. The fourth-order valence-corrected chi connectivity index (χ4v) is 2.38. The average molecular weight is 363 g/mol. The molecule has 112 valence electrons. The molecule has 0 atom stereocenters. The Morgan fingerprint density at radius 1 is 1.36 bits per heavy atom. The summed E-state index contributed by atoms with van der Waals surface area (Å²) >= 11 is 3.11. The fraction of sp³-hybridized carbons (Fsp3) is 0.133. The third-order valence-corrected chi connectivity index (χ3v) is 3.48. The van der Waals surface area contributed by atoms with Crippen molar-refractivity contribution in [3.63, 3.8) is 0 Å². The Hall–Kier alpha value is -2.41. The van der Waals surface area contributed by atoms with Crippen molar-refractivity contribution in [2.24, 2.45) is 0 Å². The summed E-state index contributed by atoms with van der Waals surface area (Å²) in [4.78, 5) is 28.2. The molecule has 0 radical (unpaired) electrons. The highest BCUT2D eigenvalue weighted by molar-refractivity contribution is 9.10. The zero-order chi connectivity index (χ0) is 15.7. The van der Waals surface area contributed by atoms with E-state index in [9.17, 15) is 9.59 Å². The van der Waals surface area contributed by atoms with Gasteiger partial charge >= 0.3 is 5.97 Å². The molecule has 0 fully saturated rings. The summed E-state index contributed by atoms with van der Waals surface area (Å²) in [6, 6.07) is 9.81. The number of pyridine rings is 1. The van der Waals surface area contributed by atoms with Crippen LogP contribution in [0.15, 0.2) is 50.3 Å². The molecule has 0 unspecified atom stereocenters. The van der Waals surface area contributed by atoms with Crippen LogP contribution in [0.25, 0.3) is 5.65 Å². The number of carbonyl (C=O) groups excluding carboxylic acids is 1. The van der Waals surface area contributed by atoms with Gasteiger partial charge in [-0.3, -0.25) is 9.20 Å². The van der Waals surface area contributed by atoms with Gasteiger partial charge in [-0.15, -0.1) is 0 Å². The molecule has 0 aliphatic heterocycles. The molecule has 0 spiro atoms. The van der Waals surface area contributed by atoms with E-state index in [4.69, 9.17) is 9.15 Å². The highest BCUT2D eigenvalue weighted by atomic mass is 79.9. The number of fused-ring (bicyclic) bond motifs is 1. The van der Waals surface area contributed by atoms with E-state index < -0.39 is 5.97 Å². The maximum atomic E-state index is 12.1. The summed E-state index contributed by atoms with van der Waals surface area (Å²) in [5.74, 6) is -0.530. The van der Waals surface area contributed by atoms with Crippen LogP contribution in [0.4, 0.5) is 0 Å². The summed E-state index contributed by atoms with van der Waals surface area (Å²) in [5, 5.41) is 0. The van der Waals surface area contributed by atoms with Crippen LogP contribution in [0.3, 0.4) is 0 Å². The number of rotatable bonds is 3. The second-order valence-corrected chi connectivity index (χ2v) is 5.41. The van der Waals surface area contributed by atoms with Crippen molar-refractivity contribution in [1.82, 2.24) is 9.38 Å². The molecule has 0 aliphatic rings. The first-order valence-corrected chi connectivity index (χ1v) is 7.24. The number of esters is 1. The van der Waals surface area contributed by atoms with Gasteiger partial charge in [0.25, 0.3) is 5.56 Å². The molecular formula is C15H11BrN2O4. The molecule has 6 nitrogen and oxygen atoms in total. The predicted molar refractivity (Wildman–Crippen MR) is 81.7 cm³/mol. The zero-order valence-electron chi connectivity index (χ0n) is 11.6. The highest BCUT2D eigenvalue weighted by Gasteiger charge is 2.13. The van der Waals surface area contributed by atoms with Gasteiger partial charge in [-0.2, -0.15) is 0 Å². The lowest BCUT2D eigenvalue weighted by atomic mass is 10.3. The molecule has 0 bridgehead atoms. The van der Waals surface area contributed by atoms with Crippen LogP contribution < -0.4 is 5.56 Å². The Morgan fingerprint density at radius 3 is 2.91 bits per heavy atom. The second kappa shape index (κ2) is 5.76. The van der Waals surface area contributed by atoms with Crippen LogP contribution in [0, 0.1) is 6.92 Å². The Kier molecular flexibility index (Phi) is 3.81. The van der Waals surface area contributed by atoms with E-state index in [1.165, 1.54) is 16.5 Å². The lowest BCUT2D eigenvalue weighted by Gasteiger charge is -2.06. The number of hydrogen-bond acceptors (Lipinski definition) is 5. The van der Waals surface area contributed by atoms with E-state index in [1.807, 2.05) is 19.1 Å². The largest absolute Gasteiger partial charge is 0.453 e. The van der Waals surface area contributed by atoms with Crippen molar-refractivity contribution < 1.29 is 13.9 Å². The summed E-state index contributed by atoms with van der Waals surface area (Å²) in [6.45, 7) is 1.72. The predicted octanol–water partition coefficient (Wildman–Crippen LogP) is 2.72. The number of ether oxygens (including phenoxy) is 1. The summed E-state index contributed by atoms with van der Waals surface area (Å²) in [7, 11) is 0. The molecule has 3 rings (SSSR count). The number of furan rings is 1. The van der Waals surface area contributed by atoms with Crippen molar-refractivity contribution in [3.8, 4) is 0 Å². The van der Waals surface area contributed by atoms with Gasteiger partial charge in [-0.25, -0.2) is 9.78 Å². The van der Waals surface area contributed by atoms with Gasteiger partial charge in [0.05, 0.1) is 5.69 Å². The molecule has 0 amide bonds. The van der Waals surface area contributed by atoms with E-state index >= 15 is 0 Å². The average Bonchev–Trinajstić information content (AvgIpc) is 2.91. The van der Waals surface area contributed by atoms with Crippen molar-refractivity contribution in [2.75, 3.05) is 0 Å². The number of nitrogens with zero attached hydrogens (tertiary/aromatic N) is 2. The van der Waals surface area contributed by atoms with E-state index in [0.29, 0.717) is 16.0 Å². The molecule has 3 aromatic rings. The monoisotopic (exact) mass is 362 g/mol. The van der Waals surface area contributed by atoms with Gasteiger partial charge in [-0.05, 0) is 47.1 Å². The standard InChI is InChI=1S/C15H11BrN2O4/c1-9-3-2-4-13-17-10(7-14(19)18(9)13)8-21-15(20)11-5-6-12(16)22-11/h2-7H,8H2,1H3. The molecule has 22 heavy (non-hydrogen) atoms. The Bertz CT molecular complexity index is 913. The molecule has 0 N–H and O–H groups in total. The third kappa shape index (κ3) is 2.80. The SMILES string of the molecule is Cc1cccc2nc(COC(=O)c3ccc(Br)o3)cc(=O)n12. The minimum absolute atomic E-state index is 0.0835. The minimum atomic E-state index is -0.614. The topological polar surface area (TPSA) is 73.8 Å². The maximum absolute atomic E-state index is 12.1. The van der Waals surface area contributed by atoms with Crippen molar-refractivity contribution in [3.05, 3.63) is 68.6 Å². The molecular weight excluding hydrogens is 352 g/mol. The van der Waals surface area contributed by atoms with Crippen molar-refractivity contribution in [2.45, 2.75) is 13.5 Å². The van der Waals surface area contributed by atoms with Crippen LogP contribution in [0.2, 0.25) is 0 Å². The maximum Gasteiger partial charge on any atom is 0.374 e. The normalized spacial score (nSPS) is 10.8. The molecule has 7 heteroatoms. The van der Waals surface area contributed by atoms with Gasteiger partial charge in [0.2, 0.25) is 5.76 Å². The number of carbonyl (C=O) groups is 1. The summed E-state index contributed by atoms with van der Waals surface area (Å²) in [5.41, 5.74) is 1.47. The first kappa shape index (κ1) is 14.5. The van der Waals surface area contributed by atoms with Gasteiger partial charge in [0, 0.05) is 11.8 Å². The van der Waals surface area contributed by atoms with Crippen molar-refractivity contribution in [1.29, 1.82) is 0 Å². The molecule has 0 aliphatic carbocycles. The Labute approximate surface area is 133 Å². The summed E-state index contributed by atoms with van der Waals surface area (Å²) < 4.78 is 12.1. The first-order chi connectivity index (χ1) is 10.5. The van der Waals surface area contributed by atoms with E-state index in [-0.39, 0.29) is 17.9 Å². The van der Waals surface area contributed by atoms with Crippen LogP contribution in [0.1, 0.15) is 21.9 Å². The van der Waals surface area contributed by atoms with Crippen LogP contribution in [0.5, 0.6) is 0 Å². The van der Waals surface area contributed by atoms with Crippen LogP contribution >= 0.6 is 15.9 Å². The van der Waals surface area contributed by atoms with Crippen molar-refractivity contribution >= 4 is 27.5 Å². The lowest BCUT2D eigenvalue weighted by Crippen LogP contribution is -2.18. The van der Waals surface area contributed by atoms with Gasteiger partial charge in [-0.1, -0.05) is 6.07 Å². The Balaban J connectivity index is 1.83. The second-order valence-electron chi connectivity index (χ2n) is 4.63. The van der Waals surface area contributed by atoms with Crippen LogP contribution in [-0.4, -0.2) is 15.4 Å². The molecule has 0 aromatic carbocycles. The minimum Gasteiger partial charge on any atom is -0.453 e.